The molecule has 3 unspecified atom stereocenters. The summed E-state index contributed by atoms with van der Waals surface area (Å²) in [6.45, 7) is 3.72. The molecule has 0 radical (unpaired) electrons. The number of pyridine rings is 1. The van der Waals surface area contributed by atoms with Crippen molar-refractivity contribution in [2.24, 2.45) is 11.7 Å². The van der Waals surface area contributed by atoms with E-state index in [2.05, 4.69) is 10.3 Å². The van der Waals surface area contributed by atoms with Crippen LogP contribution < -0.4 is 21.3 Å². The maximum atomic E-state index is 13.3. The molecule has 2 heterocycles. The van der Waals surface area contributed by atoms with E-state index in [4.69, 9.17) is 10.5 Å². The predicted molar refractivity (Wildman–Crippen MR) is 123 cm³/mol. The Balaban J connectivity index is 2.06. The first kappa shape index (κ1) is 23.8. The standard InChI is InChI=1S/C24H28N4O5/c1-4-14(2)21(22(25)30)27-19(29)13-17(15-8-10-16(33-3)11-9-15)20-23(31)26-18-7-5-6-12-28(18)24(20)32/h5-12,14,17,21,31H,4,13H2,1-3H3,(H2,25,30)(H,27,29). The van der Waals surface area contributed by atoms with Gasteiger partial charge in [-0.3, -0.25) is 18.8 Å². The molecule has 174 valence electrons. The summed E-state index contributed by atoms with van der Waals surface area (Å²) >= 11 is 0. The fourth-order valence-electron chi connectivity index (χ4n) is 3.77. The summed E-state index contributed by atoms with van der Waals surface area (Å²) in [5.74, 6) is -1.94. The molecule has 2 aromatic heterocycles. The molecule has 0 saturated carbocycles. The van der Waals surface area contributed by atoms with Gasteiger partial charge in [-0.15, -0.1) is 0 Å². The monoisotopic (exact) mass is 452 g/mol. The lowest BCUT2D eigenvalue weighted by molar-refractivity contribution is -0.128. The Morgan fingerprint density at radius 3 is 2.52 bits per heavy atom. The predicted octanol–water partition coefficient (Wildman–Crippen LogP) is 1.95. The number of carbonyl (C=O) groups excluding carboxylic acids is 2. The highest BCUT2D eigenvalue weighted by molar-refractivity contribution is 5.87. The fraction of sp³-hybridized carbons (Fsp3) is 0.333. The highest BCUT2D eigenvalue weighted by Crippen LogP contribution is 2.32. The number of ether oxygens (including phenoxy) is 1. The highest BCUT2D eigenvalue weighted by Gasteiger charge is 2.29. The summed E-state index contributed by atoms with van der Waals surface area (Å²) in [5, 5.41) is 13.4. The van der Waals surface area contributed by atoms with Crippen LogP contribution in [0.1, 0.15) is 43.7 Å². The van der Waals surface area contributed by atoms with Crippen LogP contribution >= 0.6 is 0 Å². The zero-order valence-corrected chi connectivity index (χ0v) is 18.8. The molecule has 0 aliphatic heterocycles. The zero-order chi connectivity index (χ0) is 24.1. The number of nitrogens with zero attached hydrogens (tertiary/aromatic N) is 2. The molecule has 0 spiro atoms. The molecule has 4 N–H and O–H groups in total. The van der Waals surface area contributed by atoms with Gasteiger partial charge in [0.25, 0.3) is 5.56 Å². The van der Waals surface area contributed by atoms with Crippen molar-refractivity contribution in [3.8, 4) is 11.6 Å². The number of amides is 2. The van der Waals surface area contributed by atoms with Crippen LogP contribution in [-0.2, 0) is 9.59 Å². The Labute approximate surface area is 191 Å². The number of hydrogen-bond donors (Lipinski definition) is 3. The summed E-state index contributed by atoms with van der Waals surface area (Å²) in [6, 6.07) is 11.0. The minimum absolute atomic E-state index is 0.0156. The van der Waals surface area contributed by atoms with E-state index in [-0.39, 0.29) is 23.5 Å². The topological polar surface area (TPSA) is 136 Å². The van der Waals surface area contributed by atoms with Crippen LogP contribution in [0, 0.1) is 5.92 Å². The molecule has 0 fully saturated rings. The van der Waals surface area contributed by atoms with Crippen molar-refractivity contribution in [2.75, 3.05) is 7.11 Å². The van der Waals surface area contributed by atoms with Crippen LogP contribution in [0.5, 0.6) is 11.6 Å². The van der Waals surface area contributed by atoms with Gasteiger partial charge in [0, 0.05) is 18.5 Å². The number of primary amides is 1. The minimum Gasteiger partial charge on any atom is -0.497 e. The van der Waals surface area contributed by atoms with Gasteiger partial charge in [-0.2, -0.15) is 4.98 Å². The molecule has 3 aromatic rings. The molecule has 0 bridgehead atoms. The number of benzene rings is 1. The van der Waals surface area contributed by atoms with Gasteiger partial charge in [-0.05, 0) is 35.7 Å². The normalized spacial score (nSPS) is 13.8. The maximum absolute atomic E-state index is 13.3. The number of aromatic hydroxyl groups is 1. The van der Waals surface area contributed by atoms with E-state index in [1.54, 1.807) is 48.7 Å². The number of nitrogens with two attached hydrogens (primary N) is 1. The molecular weight excluding hydrogens is 424 g/mol. The molecule has 2 amide bonds. The van der Waals surface area contributed by atoms with Crippen molar-refractivity contribution in [1.82, 2.24) is 14.7 Å². The first-order valence-corrected chi connectivity index (χ1v) is 10.7. The number of nitrogens with one attached hydrogen (secondary N) is 1. The lowest BCUT2D eigenvalue weighted by Gasteiger charge is -2.23. The van der Waals surface area contributed by atoms with Crippen LogP contribution in [0.3, 0.4) is 0 Å². The minimum atomic E-state index is -0.844. The number of carbonyl (C=O) groups is 2. The average Bonchev–Trinajstić information content (AvgIpc) is 2.81. The van der Waals surface area contributed by atoms with Crippen LogP contribution in [0.4, 0.5) is 0 Å². The number of rotatable bonds is 9. The molecular formula is C24H28N4O5. The van der Waals surface area contributed by atoms with Gasteiger partial charge < -0.3 is 20.9 Å². The van der Waals surface area contributed by atoms with E-state index in [1.165, 1.54) is 11.5 Å². The smallest absolute Gasteiger partial charge is 0.265 e. The van der Waals surface area contributed by atoms with Crippen LogP contribution in [0.2, 0.25) is 0 Å². The Morgan fingerprint density at radius 1 is 1.21 bits per heavy atom. The van der Waals surface area contributed by atoms with Gasteiger partial charge in [0.2, 0.25) is 17.7 Å². The zero-order valence-electron chi connectivity index (χ0n) is 18.8. The summed E-state index contributed by atoms with van der Waals surface area (Å²) in [5.41, 5.74) is 5.88. The van der Waals surface area contributed by atoms with Crippen molar-refractivity contribution in [1.29, 1.82) is 0 Å². The summed E-state index contributed by atoms with van der Waals surface area (Å²) < 4.78 is 6.51. The van der Waals surface area contributed by atoms with Crippen LogP contribution in [-0.4, -0.2) is 39.5 Å². The Morgan fingerprint density at radius 2 is 1.91 bits per heavy atom. The molecule has 3 atom stereocenters. The quantitative estimate of drug-likeness (QED) is 0.454. The lowest BCUT2D eigenvalue weighted by Crippen LogP contribution is -2.48. The Bertz CT molecular complexity index is 1210. The third-order valence-electron chi connectivity index (χ3n) is 5.84. The van der Waals surface area contributed by atoms with Gasteiger partial charge in [0.05, 0.1) is 12.7 Å². The van der Waals surface area contributed by atoms with Gasteiger partial charge in [0.1, 0.15) is 17.4 Å². The van der Waals surface area contributed by atoms with Gasteiger partial charge in [-0.1, -0.05) is 38.5 Å². The summed E-state index contributed by atoms with van der Waals surface area (Å²) in [4.78, 5) is 42.3. The van der Waals surface area contributed by atoms with E-state index in [0.29, 0.717) is 17.7 Å². The second-order valence-corrected chi connectivity index (χ2v) is 7.95. The average molecular weight is 453 g/mol. The van der Waals surface area contributed by atoms with E-state index in [0.717, 1.165) is 0 Å². The maximum Gasteiger partial charge on any atom is 0.265 e. The lowest BCUT2D eigenvalue weighted by atomic mass is 9.88. The molecule has 0 saturated heterocycles. The van der Waals surface area contributed by atoms with Gasteiger partial charge in [0.15, 0.2) is 0 Å². The van der Waals surface area contributed by atoms with Crippen molar-refractivity contribution < 1.29 is 19.4 Å². The molecule has 0 aliphatic carbocycles. The highest BCUT2D eigenvalue weighted by atomic mass is 16.5. The van der Waals surface area contributed by atoms with E-state index < -0.39 is 35.2 Å². The number of hydrogen-bond acceptors (Lipinski definition) is 6. The van der Waals surface area contributed by atoms with Crippen molar-refractivity contribution in [3.05, 3.63) is 70.1 Å². The molecule has 0 aliphatic rings. The molecule has 33 heavy (non-hydrogen) atoms. The van der Waals surface area contributed by atoms with E-state index in [1.807, 2.05) is 13.8 Å². The van der Waals surface area contributed by atoms with Crippen LogP contribution in [0.15, 0.2) is 53.5 Å². The second-order valence-electron chi connectivity index (χ2n) is 7.95. The fourth-order valence-corrected chi connectivity index (χ4v) is 3.77. The number of aromatic nitrogens is 2. The summed E-state index contributed by atoms with van der Waals surface area (Å²) in [6.07, 6.45) is 1.99. The van der Waals surface area contributed by atoms with Crippen molar-refractivity contribution in [3.63, 3.8) is 0 Å². The van der Waals surface area contributed by atoms with Gasteiger partial charge >= 0.3 is 0 Å². The molecule has 1 aromatic carbocycles. The molecule has 9 nitrogen and oxygen atoms in total. The summed E-state index contributed by atoms with van der Waals surface area (Å²) in [7, 11) is 1.53. The number of methoxy groups -OCH3 is 1. The van der Waals surface area contributed by atoms with Crippen molar-refractivity contribution in [2.45, 2.75) is 38.6 Å². The molecule has 3 rings (SSSR count). The van der Waals surface area contributed by atoms with Crippen molar-refractivity contribution >= 4 is 17.5 Å². The largest absolute Gasteiger partial charge is 0.497 e. The number of fused-ring (bicyclic) bond motifs is 1. The van der Waals surface area contributed by atoms with E-state index in [9.17, 15) is 19.5 Å². The van der Waals surface area contributed by atoms with Gasteiger partial charge in [-0.25, -0.2) is 0 Å². The first-order valence-electron chi connectivity index (χ1n) is 10.7. The SMILES string of the molecule is CCC(C)C(NC(=O)CC(c1ccc(OC)cc1)c1c(O)nc2ccccn2c1=O)C(N)=O. The third kappa shape index (κ3) is 5.14. The Kier molecular flexibility index (Phi) is 7.32. The third-order valence-corrected chi connectivity index (χ3v) is 5.84. The first-order chi connectivity index (χ1) is 15.8. The second kappa shape index (κ2) is 10.2. The Hall–Kier alpha value is -3.88. The van der Waals surface area contributed by atoms with E-state index >= 15 is 0 Å². The van der Waals surface area contributed by atoms with Crippen LogP contribution in [0.25, 0.3) is 5.65 Å². The molecule has 9 heteroatoms.